The van der Waals surface area contributed by atoms with Crippen LogP contribution < -0.4 is 5.32 Å². The molecule has 4 heteroatoms. The lowest BCUT2D eigenvalue weighted by Crippen LogP contribution is -2.34. The second kappa shape index (κ2) is 6.55. The van der Waals surface area contributed by atoms with Crippen molar-refractivity contribution in [3.63, 3.8) is 0 Å². The van der Waals surface area contributed by atoms with Crippen molar-refractivity contribution in [2.45, 2.75) is 26.7 Å². The molecule has 0 saturated carbocycles. The van der Waals surface area contributed by atoms with Gasteiger partial charge in [0.2, 0.25) is 11.8 Å². The maximum absolute atomic E-state index is 12.0. The van der Waals surface area contributed by atoms with Gasteiger partial charge in [0.15, 0.2) is 0 Å². The van der Waals surface area contributed by atoms with Crippen LogP contribution in [0, 0.1) is 12.8 Å². The fourth-order valence-corrected chi connectivity index (χ4v) is 2.60. The van der Waals surface area contributed by atoms with Crippen LogP contribution in [0.25, 0.3) is 0 Å². The molecule has 1 saturated heterocycles. The number of aryl methyl sites for hydroxylation is 1. The van der Waals surface area contributed by atoms with Gasteiger partial charge in [0.25, 0.3) is 0 Å². The summed E-state index contributed by atoms with van der Waals surface area (Å²) in [6, 6.07) is 8.29. The quantitative estimate of drug-likeness (QED) is 0.885. The summed E-state index contributed by atoms with van der Waals surface area (Å²) in [6.07, 6.45) is 1.18. The van der Waals surface area contributed by atoms with Crippen LogP contribution in [0.4, 0.5) is 0 Å². The third-order valence-electron chi connectivity index (χ3n) is 3.76. The van der Waals surface area contributed by atoms with Crippen LogP contribution in [-0.4, -0.2) is 36.3 Å². The van der Waals surface area contributed by atoms with Crippen LogP contribution in [0.5, 0.6) is 0 Å². The van der Waals surface area contributed by atoms with Gasteiger partial charge in [0, 0.05) is 26.1 Å². The van der Waals surface area contributed by atoms with Crippen molar-refractivity contribution in [3.05, 3.63) is 35.4 Å². The summed E-state index contributed by atoms with van der Waals surface area (Å²) in [5.74, 6) is -0.0896. The number of carbonyl (C=O) groups is 2. The van der Waals surface area contributed by atoms with Gasteiger partial charge in [0.1, 0.15) is 0 Å². The van der Waals surface area contributed by atoms with E-state index >= 15 is 0 Å². The zero-order valence-electron chi connectivity index (χ0n) is 12.2. The molecule has 1 fully saturated rings. The Labute approximate surface area is 120 Å². The van der Waals surface area contributed by atoms with Crippen molar-refractivity contribution in [2.75, 3.05) is 19.6 Å². The number of nitrogens with one attached hydrogen (secondary N) is 1. The smallest absolute Gasteiger partial charge is 0.225 e. The fourth-order valence-electron chi connectivity index (χ4n) is 2.60. The Balaban J connectivity index is 1.77. The number of hydrogen-bond acceptors (Lipinski definition) is 2. The molecule has 1 aromatic rings. The molecule has 0 aliphatic carbocycles. The maximum Gasteiger partial charge on any atom is 0.225 e. The van der Waals surface area contributed by atoms with Gasteiger partial charge in [0.05, 0.1) is 5.92 Å². The molecule has 0 bridgehead atoms. The SMILES string of the molecule is CCN1C[C@@H](C(=O)NCCc2cccc(C)c2)CC1=O. The van der Waals surface area contributed by atoms with Crippen LogP contribution in [0.3, 0.4) is 0 Å². The van der Waals surface area contributed by atoms with Crippen molar-refractivity contribution < 1.29 is 9.59 Å². The summed E-state index contributed by atoms with van der Waals surface area (Å²) in [5.41, 5.74) is 2.46. The van der Waals surface area contributed by atoms with Gasteiger partial charge in [-0.25, -0.2) is 0 Å². The van der Waals surface area contributed by atoms with Gasteiger partial charge in [-0.1, -0.05) is 29.8 Å². The Bertz CT molecular complexity index is 499. The van der Waals surface area contributed by atoms with Crippen LogP contribution in [0.1, 0.15) is 24.5 Å². The molecule has 1 N–H and O–H groups in total. The summed E-state index contributed by atoms with van der Waals surface area (Å²) >= 11 is 0. The predicted octanol–water partition coefficient (Wildman–Crippen LogP) is 1.52. The molecule has 0 aromatic heterocycles. The largest absolute Gasteiger partial charge is 0.355 e. The maximum atomic E-state index is 12.0. The van der Waals surface area contributed by atoms with E-state index in [4.69, 9.17) is 0 Å². The monoisotopic (exact) mass is 274 g/mol. The van der Waals surface area contributed by atoms with Gasteiger partial charge in [-0.2, -0.15) is 0 Å². The standard InChI is InChI=1S/C16H22N2O2/c1-3-18-11-14(10-15(18)19)16(20)17-8-7-13-6-4-5-12(2)9-13/h4-6,9,14H,3,7-8,10-11H2,1-2H3,(H,17,20)/t14-/m0/s1. The second-order valence-electron chi connectivity index (χ2n) is 5.36. The fraction of sp³-hybridized carbons (Fsp3) is 0.500. The Morgan fingerprint density at radius 3 is 2.90 bits per heavy atom. The normalized spacial score (nSPS) is 18.4. The Hall–Kier alpha value is -1.84. The van der Waals surface area contributed by atoms with Crippen molar-refractivity contribution in [1.82, 2.24) is 10.2 Å². The molecule has 1 atom stereocenters. The summed E-state index contributed by atoms with van der Waals surface area (Å²) in [6.45, 7) is 5.87. The molecular formula is C16H22N2O2. The summed E-state index contributed by atoms with van der Waals surface area (Å²) in [4.78, 5) is 25.4. The third-order valence-corrected chi connectivity index (χ3v) is 3.76. The van der Waals surface area contributed by atoms with E-state index < -0.39 is 0 Å². The highest BCUT2D eigenvalue weighted by Crippen LogP contribution is 2.17. The van der Waals surface area contributed by atoms with Gasteiger partial charge in [-0.05, 0) is 25.8 Å². The van der Waals surface area contributed by atoms with E-state index in [0.717, 1.165) is 6.42 Å². The Morgan fingerprint density at radius 2 is 2.25 bits per heavy atom. The van der Waals surface area contributed by atoms with Crippen LogP contribution in [-0.2, 0) is 16.0 Å². The molecule has 108 valence electrons. The van der Waals surface area contributed by atoms with Gasteiger partial charge >= 0.3 is 0 Å². The van der Waals surface area contributed by atoms with Crippen LogP contribution >= 0.6 is 0 Å². The molecule has 4 nitrogen and oxygen atoms in total. The summed E-state index contributed by atoms with van der Waals surface area (Å²) < 4.78 is 0. The number of rotatable bonds is 5. The molecule has 1 aliphatic rings. The molecule has 0 unspecified atom stereocenters. The van der Waals surface area contributed by atoms with Gasteiger partial charge in [-0.3, -0.25) is 9.59 Å². The minimum atomic E-state index is -0.181. The van der Waals surface area contributed by atoms with Crippen molar-refractivity contribution in [1.29, 1.82) is 0 Å². The lowest BCUT2D eigenvalue weighted by molar-refractivity contribution is -0.128. The highest BCUT2D eigenvalue weighted by Gasteiger charge is 2.32. The minimum absolute atomic E-state index is 0.00181. The van der Waals surface area contributed by atoms with Crippen molar-refractivity contribution in [2.24, 2.45) is 5.92 Å². The van der Waals surface area contributed by atoms with Crippen molar-refractivity contribution >= 4 is 11.8 Å². The van der Waals surface area contributed by atoms with E-state index in [2.05, 4.69) is 30.4 Å². The minimum Gasteiger partial charge on any atom is -0.355 e. The summed E-state index contributed by atoms with van der Waals surface area (Å²) in [5, 5.41) is 2.94. The molecule has 1 heterocycles. The van der Waals surface area contributed by atoms with E-state index in [0.29, 0.717) is 26.1 Å². The van der Waals surface area contributed by atoms with E-state index in [1.165, 1.54) is 11.1 Å². The Morgan fingerprint density at radius 1 is 1.45 bits per heavy atom. The van der Waals surface area contributed by atoms with E-state index in [9.17, 15) is 9.59 Å². The Kier molecular flexibility index (Phi) is 4.77. The molecule has 2 amide bonds. The molecule has 1 aromatic carbocycles. The first-order chi connectivity index (χ1) is 9.60. The zero-order chi connectivity index (χ0) is 14.5. The van der Waals surface area contributed by atoms with E-state index in [-0.39, 0.29) is 17.7 Å². The number of benzene rings is 1. The van der Waals surface area contributed by atoms with Crippen molar-refractivity contribution in [3.8, 4) is 0 Å². The zero-order valence-corrected chi connectivity index (χ0v) is 12.2. The highest BCUT2D eigenvalue weighted by molar-refractivity contribution is 5.89. The molecular weight excluding hydrogens is 252 g/mol. The lowest BCUT2D eigenvalue weighted by Gasteiger charge is -2.13. The molecule has 20 heavy (non-hydrogen) atoms. The number of likely N-dealkylation sites (tertiary alicyclic amines) is 1. The number of hydrogen-bond donors (Lipinski definition) is 1. The second-order valence-corrected chi connectivity index (χ2v) is 5.36. The predicted molar refractivity (Wildman–Crippen MR) is 78.3 cm³/mol. The summed E-state index contributed by atoms with van der Waals surface area (Å²) in [7, 11) is 0. The topological polar surface area (TPSA) is 49.4 Å². The first-order valence-corrected chi connectivity index (χ1v) is 7.21. The van der Waals surface area contributed by atoms with Gasteiger partial charge in [-0.15, -0.1) is 0 Å². The van der Waals surface area contributed by atoms with E-state index in [1.54, 1.807) is 4.90 Å². The van der Waals surface area contributed by atoms with Gasteiger partial charge < -0.3 is 10.2 Å². The van der Waals surface area contributed by atoms with E-state index in [1.807, 2.05) is 13.0 Å². The van der Waals surface area contributed by atoms with Crippen LogP contribution in [0.15, 0.2) is 24.3 Å². The molecule has 0 spiro atoms. The molecule has 0 radical (unpaired) electrons. The molecule has 2 rings (SSSR count). The first-order valence-electron chi connectivity index (χ1n) is 7.21. The molecule has 1 aliphatic heterocycles. The number of carbonyl (C=O) groups excluding carboxylic acids is 2. The van der Waals surface area contributed by atoms with Crippen LogP contribution in [0.2, 0.25) is 0 Å². The first kappa shape index (κ1) is 14.6. The highest BCUT2D eigenvalue weighted by atomic mass is 16.2. The average Bonchev–Trinajstić information content (AvgIpc) is 2.80. The third kappa shape index (κ3) is 3.59. The number of amides is 2. The average molecular weight is 274 g/mol. The number of nitrogens with zero attached hydrogens (tertiary/aromatic N) is 1. The lowest BCUT2D eigenvalue weighted by atomic mass is 10.1.